The third kappa shape index (κ3) is 11.8. The summed E-state index contributed by atoms with van der Waals surface area (Å²) in [5.74, 6) is -3.94. The lowest BCUT2D eigenvalue weighted by atomic mass is 9.99. The Hall–Kier alpha value is -6.97. The van der Waals surface area contributed by atoms with Crippen molar-refractivity contribution in [2.45, 2.75) is 75.2 Å². The number of carboxylic acid groups (broad SMARTS) is 1. The zero-order valence-corrected chi connectivity index (χ0v) is 33.6. The van der Waals surface area contributed by atoms with Crippen LogP contribution in [0.1, 0.15) is 41.5 Å². The Morgan fingerprint density at radius 1 is 0.541 bits per heavy atom. The number of H-pyrrole nitrogens is 2. The molecule has 0 aliphatic carbocycles. The third-order valence-corrected chi connectivity index (χ3v) is 10.7. The highest BCUT2D eigenvalue weighted by atomic mass is 16.4. The minimum absolute atomic E-state index is 0.000270. The number of hydrogen-bond acceptors (Lipinski definition) is 8. The molecule has 318 valence electrons. The number of nitrogens with one attached hydrogen (secondary N) is 6. The lowest BCUT2D eigenvalue weighted by Crippen LogP contribution is -2.59. The van der Waals surface area contributed by atoms with Crippen LogP contribution in [0.15, 0.2) is 116 Å². The van der Waals surface area contributed by atoms with Crippen LogP contribution in [0.25, 0.3) is 21.8 Å². The first-order valence-electron chi connectivity index (χ1n) is 20.3. The summed E-state index contributed by atoms with van der Waals surface area (Å²) in [7, 11) is 0. The molecule has 6 rings (SSSR count). The summed E-state index contributed by atoms with van der Waals surface area (Å²) in [6.45, 7) is 0.443. The molecule has 15 nitrogen and oxygen atoms in total. The molecule has 0 saturated carbocycles. The van der Waals surface area contributed by atoms with Crippen LogP contribution >= 0.6 is 0 Å². The number of nitrogens with two attached hydrogens (primary N) is 2. The van der Waals surface area contributed by atoms with E-state index >= 15 is 0 Å². The molecule has 5 unspecified atom stereocenters. The van der Waals surface area contributed by atoms with Crippen LogP contribution in [-0.4, -0.2) is 86.5 Å². The van der Waals surface area contributed by atoms with Crippen molar-refractivity contribution in [3.63, 3.8) is 0 Å². The number of fused-ring (bicyclic) bond motifs is 2. The van der Waals surface area contributed by atoms with Gasteiger partial charge in [-0.15, -0.1) is 0 Å². The maximum Gasteiger partial charge on any atom is 0.326 e. The second-order valence-corrected chi connectivity index (χ2v) is 15.2. The van der Waals surface area contributed by atoms with Gasteiger partial charge in [0.05, 0.1) is 6.04 Å². The molecular weight excluding hydrogens is 777 g/mol. The predicted octanol–water partition coefficient (Wildman–Crippen LogP) is 3.11. The molecule has 2 heterocycles. The predicted molar refractivity (Wildman–Crippen MR) is 232 cm³/mol. The van der Waals surface area contributed by atoms with E-state index < -0.39 is 59.8 Å². The zero-order valence-electron chi connectivity index (χ0n) is 33.6. The molecule has 4 aromatic carbocycles. The Balaban J connectivity index is 1.31. The van der Waals surface area contributed by atoms with E-state index in [9.17, 15) is 34.2 Å². The van der Waals surface area contributed by atoms with Gasteiger partial charge in [-0.25, -0.2) is 4.79 Å². The van der Waals surface area contributed by atoms with Crippen LogP contribution < -0.4 is 32.7 Å². The third-order valence-electron chi connectivity index (χ3n) is 10.7. The van der Waals surface area contributed by atoms with Gasteiger partial charge in [0.15, 0.2) is 0 Å². The number of carbonyl (C=O) groups is 5. The van der Waals surface area contributed by atoms with Crippen molar-refractivity contribution in [3.8, 4) is 5.75 Å². The summed E-state index contributed by atoms with van der Waals surface area (Å²) in [5, 5.41) is 32.8. The Kier molecular flexibility index (Phi) is 14.9. The van der Waals surface area contributed by atoms with Gasteiger partial charge in [-0.3, -0.25) is 19.2 Å². The van der Waals surface area contributed by atoms with Crippen molar-refractivity contribution in [1.82, 2.24) is 31.2 Å². The number of amides is 4. The van der Waals surface area contributed by atoms with Crippen LogP contribution in [0.4, 0.5) is 0 Å². The van der Waals surface area contributed by atoms with Gasteiger partial charge >= 0.3 is 5.97 Å². The number of phenolic OH excluding ortho intramolecular Hbond substituents is 1. The summed E-state index contributed by atoms with van der Waals surface area (Å²) in [6.07, 6.45) is 5.06. The summed E-state index contributed by atoms with van der Waals surface area (Å²) >= 11 is 0. The van der Waals surface area contributed by atoms with E-state index in [0.717, 1.165) is 21.8 Å². The molecular formula is C46H52N8O7. The van der Waals surface area contributed by atoms with Gasteiger partial charge in [0.2, 0.25) is 23.6 Å². The molecule has 61 heavy (non-hydrogen) atoms. The average Bonchev–Trinajstić information content (AvgIpc) is 3.87. The van der Waals surface area contributed by atoms with E-state index in [-0.39, 0.29) is 31.4 Å². The first-order chi connectivity index (χ1) is 29.5. The first kappa shape index (κ1) is 43.6. The topological polar surface area (TPSA) is 258 Å². The minimum atomic E-state index is -1.31. The minimum Gasteiger partial charge on any atom is -0.508 e. The fraction of sp³-hybridized carbons (Fsp3) is 0.283. The van der Waals surface area contributed by atoms with E-state index in [1.54, 1.807) is 54.9 Å². The van der Waals surface area contributed by atoms with Crippen LogP contribution in [0.5, 0.6) is 5.75 Å². The van der Waals surface area contributed by atoms with E-state index in [1.807, 2.05) is 48.5 Å². The van der Waals surface area contributed by atoms with Crippen LogP contribution in [-0.2, 0) is 49.7 Å². The smallest absolute Gasteiger partial charge is 0.326 e. The highest BCUT2D eigenvalue weighted by Crippen LogP contribution is 2.22. The number of aliphatic carboxylic acids is 1. The van der Waals surface area contributed by atoms with Crippen LogP contribution in [0.2, 0.25) is 0 Å². The number of carbonyl (C=O) groups excluding carboxylic acids is 4. The van der Waals surface area contributed by atoms with Crippen molar-refractivity contribution in [2.24, 2.45) is 11.5 Å². The Bertz CT molecular complexity index is 2430. The Labute approximate surface area is 352 Å². The largest absolute Gasteiger partial charge is 0.508 e. The number of aromatic amines is 2. The number of benzene rings is 4. The second kappa shape index (κ2) is 20.8. The number of hydrogen-bond donors (Lipinski definition) is 10. The summed E-state index contributed by atoms with van der Waals surface area (Å²) in [5.41, 5.74) is 16.2. The van der Waals surface area contributed by atoms with Gasteiger partial charge in [0.25, 0.3) is 0 Å². The van der Waals surface area contributed by atoms with E-state index in [4.69, 9.17) is 11.5 Å². The molecule has 0 spiro atoms. The number of para-hydroxylation sites is 2. The summed E-state index contributed by atoms with van der Waals surface area (Å²) in [6, 6.07) is 24.0. The SMILES string of the molecule is NCCCCC(N)C(=O)NC(Cc1ccc(O)cc1)C(=O)NC(Cc1c[nH]c2ccccc12)C(=O)NC(Cc1c[nH]c2ccccc12)C(=O)NC(Cc1ccccc1)C(=O)O. The van der Waals surface area contributed by atoms with Crippen LogP contribution in [0.3, 0.4) is 0 Å². The van der Waals surface area contributed by atoms with Crippen molar-refractivity contribution in [2.75, 3.05) is 6.54 Å². The van der Waals surface area contributed by atoms with Gasteiger partial charge in [0.1, 0.15) is 29.9 Å². The second-order valence-electron chi connectivity index (χ2n) is 15.2. The molecule has 6 aromatic rings. The van der Waals surface area contributed by atoms with Gasteiger partial charge < -0.3 is 52.9 Å². The molecule has 12 N–H and O–H groups in total. The van der Waals surface area contributed by atoms with Crippen molar-refractivity contribution < 1.29 is 34.2 Å². The lowest BCUT2D eigenvalue weighted by Gasteiger charge is -2.27. The van der Waals surface area contributed by atoms with Crippen LogP contribution in [0, 0.1) is 0 Å². The molecule has 15 heteroatoms. The zero-order chi connectivity index (χ0) is 43.3. The molecule has 5 atom stereocenters. The Morgan fingerprint density at radius 2 is 0.984 bits per heavy atom. The maximum absolute atomic E-state index is 14.7. The monoisotopic (exact) mass is 828 g/mol. The van der Waals surface area contributed by atoms with E-state index in [2.05, 4.69) is 31.2 Å². The molecule has 0 aliphatic rings. The molecule has 0 bridgehead atoms. The van der Waals surface area contributed by atoms with Gasteiger partial charge in [-0.1, -0.05) is 85.3 Å². The number of phenols is 1. The summed E-state index contributed by atoms with van der Waals surface area (Å²) < 4.78 is 0. The van der Waals surface area contributed by atoms with Gasteiger partial charge in [-0.05, 0) is 65.9 Å². The van der Waals surface area contributed by atoms with Crippen molar-refractivity contribution in [1.29, 1.82) is 0 Å². The standard InChI is InChI=1S/C46H52N8O7/c47-21-9-8-14-35(48)42(56)51-38(22-29-17-19-32(55)20-18-29)43(57)52-39(24-30-26-49-36-15-6-4-12-33(30)36)44(58)53-40(25-31-27-50-37-16-7-5-13-34(31)37)45(59)54-41(46(60)61)23-28-10-2-1-3-11-28/h1-7,10-13,15-20,26-27,35,38-41,49-50,55H,8-9,14,21-25,47-48H2,(H,51,56)(H,52,57)(H,53,58)(H,54,59)(H,60,61). The van der Waals surface area contributed by atoms with Crippen molar-refractivity contribution in [3.05, 3.63) is 138 Å². The molecule has 0 fully saturated rings. The van der Waals surface area contributed by atoms with Crippen molar-refractivity contribution >= 4 is 51.4 Å². The van der Waals surface area contributed by atoms with Gasteiger partial charge in [0, 0.05) is 59.9 Å². The average molecular weight is 829 g/mol. The number of unbranched alkanes of at least 4 members (excludes halogenated alkanes) is 1. The van der Waals surface area contributed by atoms with E-state index in [1.165, 1.54) is 12.1 Å². The molecule has 4 amide bonds. The Morgan fingerprint density at radius 3 is 1.51 bits per heavy atom. The number of rotatable bonds is 21. The first-order valence-corrected chi connectivity index (χ1v) is 20.3. The fourth-order valence-electron chi connectivity index (χ4n) is 7.32. The molecule has 2 aromatic heterocycles. The molecule has 0 aliphatic heterocycles. The highest BCUT2D eigenvalue weighted by molar-refractivity contribution is 5.97. The quantitative estimate of drug-likeness (QED) is 0.0478. The fourth-order valence-corrected chi connectivity index (χ4v) is 7.32. The molecule has 0 saturated heterocycles. The summed E-state index contributed by atoms with van der Waals surface area (Å²) in [4.78, 5) is 75.5. The number of carboxylic acids is 1. The molecule has 0 radical (unpaired) electrons. The number of aromatic nitrogens is 2. The maximum atomic E-state index is 14.7. The normalized spacial score (nSPS) is 13.7. The van der Waals surface area contributed by atoms with E-state index in [0.29, 0.717) is 48.1 Å². The number of aromatic hydroxyl groups is 1. The highest BCUT2D eigenvalue weighted by Gasteiger charge is 2.33. The van der Waals surface area contributed by atoms with Gasteiger partial charge in [-0.2, -0.15) is 0 Å². The lowest BCUT2D eigenvalue weighted by molar-refractivity contribution is -0.142.